The largest absolute Gasteiger partial charge is 0.534 e. The van der Waals surface area contributed by atoms with Gasteiger partial charge in [-0.1, -0.05) is 0 Å². The minimum Gasteiger partial charge on any atom is -0.481 e. The van der Waals surface area contributed by atoms with Gasteiger partial charge in [0.15, 0.2) is 28.7 Å². The molecule has 5 aromatic rings. The van der Waals surface area contributed by atoms with Crippen LogP contribution >= 0.6 is 0 Å². The lowest BCUT2D eigenvalue weighted by Crippen LogP contribution is -2.44. The molecule has 1 saturated carbocycles. The van der Waals surface area contributed by atoms with Gasteiger partial charge < -0.3 is 48.0 Å². The van der Waals surface area contributed by atoms with E-state index in [4.69, 9.17) is 24.1 Å². The number of nitrogens with zero attached hydrogens (tertiary/aromatic N) is 1. The first kappa shape index (κ1) is 55.1. The molecular weight excluding hydrogens is 1110 g/mol. The molecule has 0 saturated heterocycles. The second kappa shape index (κ2) is 19.8. The standard InChI is InChI=1S/C45H31F10N3O17S2/c46-28-16-26-35(33(48)37(28)74-76(67,68)44(50,51)52)72-36-27(17-29(47)38(34(36)49)75-77(69,70)45(53,54)55)43(26)25-14-19(2-8-23(25)42(66)73-43)39(63)56-20-3-5-21(6-4-20)57-40(64)24-13-18-1-7-22(15-30(18)71-41(24)65)58(11-9-31(59)60)12-10-32(61)62/h1-2,7-8,13-17,20-21H,3-6,9-12H2,(H,56,63)(H,57,64)(H,59,60)(H,61,62). The first-order chi connectivity index (χ1) is 35.8. The zero-order valence-electron chi connectivity index (χ0n) is 38.1. The maximum absolute atomic E-state index is 16.2. The molecule has 4 aromatic carbocycles. The van der Waals surface area contributed by atoms with Crippen LogP contribution in [0.2, 0.25) is 0 Å². The Bertz CT molecular complexity index is 3510. The fraction of sp³-hybridized carbons (Fsp3) is 0.289. The lowest BCUT2D eigenvalue weighted by Gasteiger charge is -2.37. The normalized spacial score (nSPS) is 16.8. The van der Waals surface area contributed by atoms with Crippen molar-refractivity contribution in [3.05, 3.63) is 122 Å². The molecule has 3 heterocycles. The van der Waals surface area contributed by atoms with Crippen molar-refractivity contribution in [1.29, 1.82) is 0 Å². The zero-order chi connectivity index (χ0) is 56.5. The number of carbonyl (C=O) groups is 5. The van der Waals surface area contributed by atoms with Gasteiger partial charge in [0.1, 0.15) is 11.1 Å². The van der Waals surface area contributed by atoms with Crippen molar-refractivity contribution in [2.75, 3.05) is 18.0 Å². The number of hydrogen-bond donors (Lipinski definition) is 4. The Hall–Kier alpha value is -8.16. The highest BCUT2D eigenvalue weighted by Gasteiger charge is 2.58. The van der Waals surface area contributed by atoms with Gasteiger partial charge in [-0.15, -0.1) is 0 Å². The third-order valence-corrected chi connectivity index (χ3v) is 14.1. The fourth-order valence-electron chi connectivity index (χ4n) is 8.61. The number of aliphatic carboxylic acids is 2. The Morgan fingerprint density at radius 2 is 1.17 bits per heavy atom. The van der Waals surface area contributed by atoms with Crippen molar-refractivity contribution in [3.8, 4) is 23.0 Å². The number of fused-ring (bicyclic) bond motifs is 7. The van der Waals surface area contributed by atoms with Gasteiger partial charge in [0.05, 0.1) is 29.5 Å². The molecular formula is C45H31F10N3O17S2. The van der Waals surface area contributed by atoms with Crippen LogP contribution < -0.4 is 34.3 Å². The van der Waals surface area contributed by atoms with Gasteiger partial charge in [-0.05, 0) is 74.2 Å². The molecule has 2 aliphatic heterocycles. The monoisotopic (exact) mass is 1140 g/mol. The molecule has 0 radical (unpaired) electrons. The second-order valence-electron chi connectivity index (χ2n) is 17.1. The van der Waals surface area contributed by atoms with Gasteiger partial charge in [0.25, 0.3) is 11.8 Å². The average molecular weight is 1140 g/mol. The maximum Gasteiger partial charge on any atom is 0.534 e. The summed E-state index contributed by atoms with van der Waals surface area (Å²) in [5.41, 5.74) is -21.4. The molecule has 4 N–H and O–H groups in total. The smallest absolute Gasteiger partial charge is 0.481 e. The molecule has 1 spiro atoms. The van der Waals surface area contributed by atoms with Gasteiger partial charge >= 0.3 is 54.8 Å². The van der Waals surface area contributed by atoms with Crippen molar-refractivity contribution < 1.29 is 117 Å². The summed E-state index contributed by atoms with van der Waals surface area (Å²) in [5.74, 6) is -23.8. The van der Waals surface area contributed by atoms with Crippen molar-refractivity contribution in [1.82, 2.24) is 10.6 Å². The van der Waals surface area contributed by atoms with Crippen LogP contribution in [0, 0.1) is 23.3 Å². The third kappa shape index (κ3) is 10.3. The topological polar surface area (TPSA) is 289 Å². The van der Waals surface area contributed by atoms with E-state index >= 15 is 17.6 Å². The number of hydrogen-bond acceptors (Lipinski definition) is 16. The highest BCUT2D eigenvalue weighted by atomic mass is 32.2. The Morgan fingerprint density at radius 3 is 1.65 bits per heavy atom. The number of halogens is 10. The van der Waals surface area contributed by atoms with Gasteiger partial charge in [-0.2, -0.15) is 52.0 Å². The van der Waals surface area contributed by atoms with Crippen LogP contribution in [0.15, 0.2) is 63.8 Å². The van der Waals surface area contributed by atoms with Crippen LogP contribution in [-0.4, -0.2) is 93.0 Å². The van der Waals surface area contributed by atoms with E-state index in [9.17, 15) is 71.9 Å². The highest BCUT2D eigenvalue weighted by Crippen LogP contribution is 2.60. The first-order valence-electron chi connectivity index (χ1n) is 21.8. The lowest BCUT2D eigenvalue weighted by molar-refractivity contribution is -0.137. The Labute approximate surface area is 423 Å². The van der Waals surface area contributed by atoms with Crippen LogP contribution in [0.5, 0.6) is 23.0 Å². The number of esters is 1. The molecule has 0 unspecified atom stereocenters. The number of alkyl halides is 6. The summed E-state index contributed by atoms with van der Waals surface area (Å²) in [6.45, 7) is -0.143. The molecule has 1 aromatic heterocycles. The predicted octanol–water partition coefficient (Wildman–Crippen LogP) is 6.60. The molecule has 410 valence electrons. The van der Waals surface area contributed by atoms with E-state index in [1.807, 2.05) is 0 Å². The van der Waals surface area contributed by atoms with Crippen LogP contribution in [-0.2, 0) is 40.2 Å². The lowest BCUT2D eigenvalue weighted by atomic mass is 9.76. The van der Waals surface area contributed by atoms with E-state index in [1.54, 1.807) is 0 Å². The van der Waals surface area contributed by atoms with E-state index in [-0.39, 0.29) is 74.7 Å². The average Bonchev–Trinajstić information content (AvgIpc) is 3.78. The number of carboxylic acid groups (broad SMARTS) is 2. The zero-order valence-corrected chi connectivity index (χ0v) is 39.7. The molecule has 0 bridgehead atoms. The summed E-state index contributed by atoms with van der Waals surface area (Å²) >= 11 is 0. The number of anilines is 1. The number of ether oxygens (including phenoxy) is 2. The Balaban J connectivity index is 1.05. The molecule has 32 heteroatoms. The molecule has 8 rings (SSSR count). The summed E-state index contributed by atoms with van der Waals surface area (Å²) in [7, 11) is -13.9. The molecule has 0 atom stereocenters. The van der Waals surface area contributed by atoms with Gasteiger partial charge in [-0.25, -0.2) is 18.4 Å². The molecule has 77 heavy (non-hydrogen) atoms. The van der Waals surface area contributed by atoms with Crippen molar-refractivity contribution >= 4 is 66.6 Å². The molecule has 1 fully saturated rings. The number of nitrogens with one attached hydrogen (secondary N) is 2. The van der Waals surface area contributed by atoms with Gasteiger partial charge in [0.2, 0.25) is 23.1 Å². The third-order valence-electron chi connectivity index (χ3n) is 12.2. The van der Waals surface area contributed by atoms with E-state index in [2.05, 4.69) is 19.0 Å². The minimum atomic E-state index is -6.93. The van der Waals surface area contributed by atoms with Crippen LogP contribution in [0.4, 0.5) is 49.6 Å². The predicted molar refractivity (Wildman–Crippen MR) is 236 cm³/mol. The number of amides is 2. The van der Waals surface area contributed by atoms with E-state index in [0.717, 1.165) is 18.2 Å². The number of carbonyl (C=O) groups excluding carboxylic acids is 3. The molecule has 2 amide bonds. The molecule has 1 aliphatic carbocycles. The van der Waals surface area contributed by atoms with E-state index in [0.29, 0.717) is 5.69 Å². The number of benzene rings is 4. The SMILES string of the molecule is O=C(O)CCN(CCC(=O)O)c1ccc2cc(C(=O)NC3CCC(NC(=O)c4ccc5c(c4)C4(OC5=O)c5cc(F)c(OS(=O)(=O)C(F)(F)F)c(F)c5Oc5c4cc(F)c(OS(=O)(=O)C(F)(F)F)c5F)CC3)c(=O)oc2c1. The Kier molecular flexibility index (Phi) is 14.1. The number of carboxylic acids is 2. The van der Waals surface area contributed by atoms with E-state index in [1.165, 1.54) is 29.2 Å². The summed E-state index contributed by atoms with van der Waals surface area (Å²) in [6.07, 6.45) is -0.0444. The van der Waals surface area contributed by atoms with Gasteiger partial charge in [-0.3, -0.25) is 19.2 Å². The highest BCUT2D eigenvalue weighted by molar-refractivity contribution is 7.88. The first-order valence-corrected chi connectivity index (χ1v) is 24.7. The van der Waals surface area contributed by atoms with Gasteiger partial charge in [0, 0.05) is 53.4 Å². The summed E-state index contributed by atoms with van der Waals surface area (Å²) in [5, 5.41) is 23.9. The van der Waals surface area contributed by atoms with E-state index < -0.39 is 164 Å². The summed E-state index contributed by atoms with van der Waals surface area (Å²) in [4.78, 5) is 77.6. The summed E-state index contributed by atoms with van der Waals surface area (Å²) < 4.78 is 214. The van der Waals surface area contributed by atoms with Crippen LogP contribution in [0.25, 0.3) is 11.0 Å². The maximum atomic E-state index is 16.2. The van der Waals surface area contributed by atoms with Crippen molar-refractivity contribution in [2.24, 2.45) is 0 Å². The summed E-state index contributed by atoms with van der Waals surface area (Å²) in [6, 6.07) is 6.84. The van der Waals surface area contributed by atoms with Crippen molar-refractivity contribution in [3.63, 3.8) is 0 Å². The Morgan fingerprint density at radius 1 is 0.675 bits per heavy atom. The van der Waals surface area contributed by atoms with Crippen LogP contribution in [0.1, 0.15) is 86.3 Å². The second-order valence-corrected chi connectivity index (χ2v) is 20.2. The minimum absolute atomic E-state index is 0.000316. The van der Waals surface area contributed by atoms with Crippen molar-refractivity contribution in [2.45, 2.75) is 67.2 Å². The van der Waals surface area contributed by atoms with Crippen LogP contribution in [0.3, 0.4) is 0 Å². The number of rotatable bonds is 15. The fourth-order valence-corrected chi connectivity index (χ4v) is 9.54. The molecule has 3 aliphatic rings. The quantitative estimate of drug-likeness (QED) is 0.0282. The molecule has 20 nitrogen and oxygen atoms in total.